The highest BCUT2D eigenvalue weighted by Gasteiger charge is 2.08. The number of halogens is 2. The first-order valence-electron chi connectivity index (χ1n) is 8.25. The van der Waals surface area contributed by atoms with Crippen molar-refractivity contribution in [1.82, 2.24) is 10.1 Å². The normalized spacial score (nSPS) is 10.4. The van der Waals surface area contributed by atoms with Crippen LogP contribution in [0.1, 0.15) is 31.4 Å². The van der Waals surface area contributed by atoms with Crippen LogP contribution in [-0.2, 0) is 11.2 Å². The Hall–Kier alpha value is -1.92. The van der Waals surface area contributed by atoms with Crippen molar-refractivity contribution in [3.05, 3.63) is 41.9 Å². The van der Waals surface area contributed by atoms with E-state index in [4.69, 9.17) is 10.3 Å². The Kier molecular flexibility index (Phi) is 9.16. The minimum Gasteiger partial charge on any atom is -0.361 e. The molecule has 5 nitrogen and oxygen atoms in total. The molecule has 138 valence electrons. The number of nitrogens with zero attached hydrogens (tertiary/aromatic N) is 2. The summed E-state index contributed by atoms with van der Waals surface area (Å²) >= 11 is 0. The summed E-state index contributed by atoms with van der Waals surface area (Å²) in [6.45, 7) is 1.13. The van der Waals surface area contributed by atoms with Gasteiger partial charge in [-0.3, -0.25) is 4.79 Å². The number of carbonyl (C=O) groups excluding carboxylic acids is 1. The van der Waals surface area contributed by atoms with Crippen molar-refractivity contribution < 1.29 is 13.7 Å². The second kappa shape index (κ2) is 10.8. The molecule has 2 rings (SSSR count). The topological polar surface area (TPSA) is 72.4 Å². The number of aromatic nitrogens is 1. The SMILES string of the molecule is CN(CCCCCc1cc(-c2cccc(F)c2)no1)C(=O)CCN.Cl. The van der Waals surface area contributed by atoms with Gasteiger partial charge in [0.1, 0.15) is 17.3 Å². The molecule has 7 heteroatoms. The fraction of sp³-hybridized carbons (Fsp3) is 0.444. The molecule has 0 fully saturated rings. The van der Waals surface area contributed by atoms with Crippen LogP contribution in [0.15, 0.2) is 34.9 Å². The van der Waals surface area contributed by atoms with E-state index in [0.29, 0.717) is 24.2 Å². The molecule has 0 aliphatic carbocycles. The third kappa shape index (κ3) is 6.84. The minimum atomic E-state index is -0.287. The number of rotatable bonds is 9. The predicted molar refractivity (Wildman–Crippen MR) is 98.0 cm³/mol. The third-order valence-electron chi connectivity index (χ3n) is 3.88. The number of amides is 1. The number of unbranched alkanes of at least 4 members (excludes halogenated alkanes) is 2. The van der Waals surface area contributed by atoms with Crippen molar-refractivity contribution in [3.63, 3.8) is 0 Å². The summed E-state index contributed by atoms with van der Waals surface area (Å²) in [7, 11) is 1.81. The number of hydrogen-bond acceptors (Lipinski definition) is 4. The monoisotopic (exact) mass is 369 g/mol. The molecule has 1 heterocycles. The van der Waals surface area contributed by atoms with E-state index >= 15 is 0 Å². The van der Waals surface area contributed by atoms with E-state index in [2.05, 4.69) is 5.16 Å². The lowest BCUT2D eigenvalue weighted by Gasteiger charge is -2.16. The Balaban J connectivity index is 0.00000312. The summed E-state index contributed by atoms with van der Waals surface area (Å²) < 4.78 is 18.5. The molecule has 1 amide bonds. The van der Waals surface area contributed by atoms with Gasteiger partial charge in [0, 0.05) is 44.6 Å². The maximum Gasteiger partial charge on any atom is 0.223 e. The summed E-state index contributed by atoms with van der Waals surface area (Å²) in [6.07, 6.45) is 4.07. The van der Waals surface area contributed by atoms with Crippen LogP contribution in [0.25, 0.3) is 11.3 Å². The summed E-state index contributed by atoms with van der Waals surface area (Å²) in [5.74, 6) is 0.597. The van der Waals surface area contributed by atoms with E-state index in [1.165, 1.54) is 12.1 Å². The first-order chi connectivity index (χ1) is 11.6. The van der Waals surface area contributed by atoms with Crippen LogP contribution in [0.2, 0.25) is 0 Å². The highest BCUT2D eigenvalue weighted by Crippen LogP contribution is 2.20. The van der Waals surface area contributed by atoms with Gasteiger partial charge in [0.25, 0.3) is 0 Å². The van der Waals surface area contributed by atoms with E-state index in [0.717, 1.165) is 38.0 Å². The lowest BCUT2D eigenvalue weighted by atomic mass is 10.1. The molecule has 1 aromatic heterocycles. The average Bonchev–Trinajstić information content (AvgIpc) is 3.03. The lowest BCUT2D eigenvalue weighted by molar-refractivity contribution is -0.129. The van der Waals surface area contributed by atoms with Crippen molar-refractivity contribution in [2.45, 2.75) is 32.1 Å². The minimum absolute atomic E-state index is 0. The zero-order valence-corrected chi connectivity index (χ0v) is 15.2. The second-order valence-corrected chi connectivity index (χ2v) is 5.85. The van der Waals surface area contributed by atoms with E-state index in [9.17, 15) is 9.18 Å². The second-order valence-electron chi connectivity index (χ2n) is 5.85. The first-order valence-corrected chi connectivity index (χ1v) is 8.25. The Labute approximate surface area is 153 Å². The third-order valence-corrected chi connectivity index (χ3v) is 3.88. The molecule has 0 spiro atoms. The maximum absolute atomic E-state index is 13.2. The van der Waals surface area contributed by atoms with Gasteiger partial charge in [-0.2, -0.15) is 0 Å². The maximum atomic E-state index is 13.2. The van der Waals surface area contributed by atoms with Crippen LogP contribution < -0.4 is 5.73 Å². The van der Waals surface area contributed by atoms with Crippen LogP contribution in [0.4, 0.5) is 4.39 Å². The average molecular weight is 370 g/mol. The predicted octanol–water partition coefficient (Wildman–Crippen LogP) is 3.42. The molecule has 0 saturated carbocycles. The number of hydrogen-bond donors (Lipinski definition) is 1. The number of benzene rings is 1. The van der Waals surface area contributed by atoms with Crippen molar-refractivity contribution in [3.8, 4) is 11.3 Å². The van der Waals surface area contributed by atoms with Crippen LogP contribution >= 0.6 is 12.4 Å². The molecule has 2 aromatic rings. The quantitative estimate of drug-likeness (QED) is 0.687. The molecule has 0 aliphatic rings. The summed E-state index contributed by atoms with van der Waals surface area (Å²) in [5.41, 5.74) is 6.74. The van der Waals surface area contributed by atoms with Gasteiger partial charge < -0.3 is 15.2 Å². The van der Waals surface area contributed by atoms with Gasteiger partial charge in [-0.1, -0.05) is 23.7 Å². The summed E-state index contributed by atoms with van der Waals surface area (Å²) in [5, 5.41) is 3.99. The van der Waals surface area contributed by atoms with Crippen molar-refractivity contribution in [2.75, 3.05) is 20.1 Å². The largest absolute Gasteiger partial charge is 0.361 e. The van der Waals surface area contributed by atoms with Crippen LogP contribution in [0, 0.1) is 5.82 Å². The molecule has 1 aromatic carbocycles. The van der Waals surface area contributed by atoms with E-state index in [-0.39, 0.29) is 24.1 Å². The highest BCUT2D eigenvalue weighted by atomic mass is 35.5. The van der Waals surface area contributed by atoms with Gasteiger partial charge in [0.15, 0.2) is 0 Å². The molecular formula is C18H25ClFN3O2. The molecule has 25 heavy (non-hydrogen) atoms. The molecule has 0 unspecified atom stereocenters. The van der Waals surface area contributed by atoms with E-state index in [1.54, 1.807) is 24.1 Å². The molecule has 0 atom stereocenters. The fourth-order valence-corrected chi connectivity index (χ4v) is 2.48. The standard InChI is InChI=1S/C18H24FN3O2.ClH/c1-22(18(23)9-10-20)11-4-2-3-8-16-13-17(21-24-16)14-6-5-7-15(19)12-14;/h5-7,12-13H,2-4,8-11,20H2,1H3;1H. The first kappa shape index (κ1) is 21.1. The van der Waals surface area contributed by atoms with E-state index in [1.807, 2.05) is 6.07 Å². The summed E-state index contributed by atoms with van der Waals surface area (Å²) in [4.78, 5) is 13.3. The zero-order valence-electron chi connectivity index (χ0n) is 14.4. The van der Waals surface area contributed by atoms with Gasteiger partial charge in [-0.15, -0.1) is 12.4 Å². The Morgan fingerprint density at radius 2 is 2.08 bits per heavy atom. The number of aryl methyl sites for hydroxylation is 1. The number of nitrogens with two attached hydrogens (primary N) is 1. The zero-order chi connectivity index (χ0) is 17.4. The highest BCUT2D eigenvalue weighted by molar-refractivity contribution is 5.85. The molecular weight excluding hydrogens is 345 g/mol. The Morgan fingerprint density at radius 3 is 2.80 bits per heavy atom. The van der Waals surface area contributed by atoms with Gasteiger partial charge >= 0.3 is 0 Å². The lowest BCUT2D eigenvalue weighted by Crippen LogP contribution is -2.29. The Morgan fingerprint density at radius 1 is 1.28 bits per heavy atom. The molecule has 2 N–H and O–H groups in total. The van der Waals surface area contributed by atoms with Crippen molar-refractivity contribution in [1.29, 1.82) is 0 Å². The van der Waals surface area contributed by atoms with Crippen molar-refractivity contribution >= 4 is 18.3 Å². The molecule has 0 radical (unpaired) electrons. The van der Waals surface area contributed by atoms with Gasteiger partial charge in [-0.25, -0.2) is 4.39 Å². The summed E-state index contributed by atoms with van der Waals surface area (Å²) in [6, 6.07) is 8.15. The molecule has 0 aliphatic heterocycles. The van der Waals surface area contributed by atoms with Crippen molar-refractivity contribution in [2.24, 2.45) is 5.73 Å². The van der Waals surface area contributed by atoms with Crippen LogP contribution in [0.5, 0.6) is 0 Å². The van der Waals surface area contributed by atoms with Gasteiger partial charge in [0.2, 0.25) is 5.91 Å². The fourth-order valence-electron chi connectivity index (χ4n) is 2.48. The Bertz CT molecular complexity index is 663. The van der Waals surface area contributed by atoms with E-state index < -0.39 is 0 Å². The van der Waals surface area contributed by atoms with Gasteiger partial charge in [-0.05, 0) is 25.0 Å². The van der Waals surface area contributed by atoms with Crippen LogP contribution in [0.3, 0.4) is 0 Å². The molecule has 0 bridgehead atoms. The smallest absolute Gasteiger partial charge is 0.223 e. The molecule has 0 saturated heterocycles. The number of carbonyl (C=O) groups is 1. The van der Waals surface area contributed by atoms with Crippen LogP contribution in [-0.4, -0.2) is 36.1 Å². The van der Waals surface area contributed by atoms with Gasteiger partial charge in [0.05, 0.1) is 0 Å².